The van der Waals surface area contributed by atoms with Gasteiger partial charge in [0.25, 0.3) is 11.9 Å². The Morgan fingerprint density at radius 1 is 0.953 bits per heavy atom. The molecule has 226 valence electrons. The van der Waals surface area contributed by atoms with Crippen molar-refractivity contribution in [3.63, 3.8) is 0 Å². The van der Waals surface area contributed by atoms with E-state index in [1.807, 2.05) is 23.1 Å². The summed E-state index contributed by atoms with van der Waals surface area (Å²) in [5.41, 5.74) is 1.53. The molecule has 0 spiro atoms. The van der Waals surface area contributed by atoms with Crippen LogP contribution in [0.25, 0.3) is 0 Å². The molecule has 2 unspecified atom stereocenters. The van der Waals surface area contributed by atoms with Crippen LogP contribution in [0, 0.1) is 0 Å². The fraction of sp³-hybridized carbons (Fsp3) is 0.516. The van der Waals surface area contributed by atoms with Gasteiger partial charge in [-0.25, -0.2) is 14.8 Å². The Morgan fingerprint density at radius 3 is 2.56 bits per heavy atom. The Bertz CT molecular complexity index is 1400. The van der Waals surface area contributed by atoms with Gasteiger partial charge in [-0.3, -0.25) is 14.9 Å². The number of pyridine rings is 1. The number of carbonyl (C=O) groups excluding carboxylic acids is 2. The molecule has 12 heteroatoms. The Balaban J connectivity index is 1.07. The number of aliphatic imine (C=N–C) groups is 1. The quantitative estimate of drug-likeness (QED) is 0.318. The highest BCUT2D eigenvalue weighted by Crippen LogP contribution is 2.39. The van der Waals surface area contributed by atoms with Gasteiger partial charge in [-0.2, -0.15) is 10.1 Å². The first-order chi connectivity index (χ1) is 21.1. The monoisotopic (exact) mass is 584 g/mol. The number of hydrogen-bond acceptors (Lipinski definition) is 8. The third-order valence-corrected chi connectivity index (χ3v) is 9.07. The van der Waals surface area contributed by atoms with E-state index >= 15 is 0 Å². The second-order valence-electron chi connectivity index (χ2n) is 11.8. The first-order valence-electron chi connectivity index (χ1n) is 15.5. The molecule has 3 aromatic heterocycles. The van der Waals surface area contributed by atoms with Crippen LogP contribution in [-0.4, -0.2) is 84.8 Å². The van der Waals surface area contributed by atoms with E-state index in [-0.39, 0.29) is 30.1 Å². The number of urea groups is 1. The minimum absolute atomic E-state index is 0.0427. The number of rotatable bonds is 8. The lowest BCUT2D eigenvalue weighted by Gasteiger charge is -2.40. The molecule has 6 rings (SSSR count). The smallest absolute Gasteiger partial charge is 0.318 e. The fourth-order valence-electron chi connectivity index (χ4n) is 6.84. The Kier molecular flexibility index (Phi) is 8.90. The van der Waals surface area contributed by atoms with E-state index in [0.717, 1.165) is 50.6 Å². The number of hydrogen-bond donors (Lipinski definition) is 3. The molecule has 2 saturated carbocycles. The van der Waals surface area contributed by atoms with E-state index in [0.29, 0.717) is 42.3 Å². The predicted molar refractivity (Wildman–Crippen MR) is 164 cm³/mol. The highest BCUT2D eigenvalue weighted by molar-refractivity contribution is 5.92. The van der Waals surface area contributed by atoms with Crippen LogP contribution in [0.1, 0.15) is 86.3 Å². The molecule has 1 saturated heterocycles. The minimum atomic E-state index is -0.0427. The standard InChI is InChI=1S/C31H40N10O2/c1-32-30-34-16-12-27(37-30)36-28-20-26(38-39-28)21-10-11-24(19-21)41(23-7-3-2-4-8-23)31(43)35-22-13-17-40(18-14-22)29(42)25-9-5-6-15-33-25/h5-6,9,12,15-16,20-24H,1-4,7-8,10-11,13-14,17-19H2,(H,35,43)(H2,34,36,37,38,39). The Hall–Kier alpha value is -4.35. The first-order valence-corrected chi connectivity index (χ1v) is 15.5. The van der Waals surface area contributed by atoms with Crippen LogP contribution in [0.2, 0.25) is 0 Å². The van der Waals surface area contributed by atoms with Crippen molar-refractivity contribution in [1.82, 2.24) is 40.3 Å². The highest BCUT2D eigenvalue weighted by atomic mass is 16.2. The van der Waals surface area contributed by atoms with Gasteiger partial charge in [0.1, 0.15) is 11.5 Å². The van der Waals surface area contributed by atoms with E-state index < -0.39 is 0 Å². The van der Waals surface area contributed by atoms with Crippen molar-refractivity contribution in [2.75, 3.05) is 18.4 Å². The molecule has 2 atom stereocenters. The molecule has 0 radical (unpaired) electrons. The average molecular weight is 585 g/mol. The van der Waals surface area contributed by atoms with Crippen LogP contribution >= 0.6 is 0 Å². The number of anilines is 2. The first kappa shape index (κ1) is 28.8. The molecule has 3 N–H and O–H groups in total. The Morgan fingerprint density at radius 2 is 1.79 bits per heavy atom. The van der Waals surface area contributed by atoms with Crippen molar-refractivity contribution < 1.29 is 9.59 Å². The van der Waals surface area contributed by atoms with Gasteiger partial charge in [0.15, 0.2) is 5.82 Å². The number of likely N-dealkylation sites (tertiary alicyclic amines) is 1. The molecule has 3 fully saturated rings. The molecule has 2 aliphatic carbocycles. The van der Waals surface area contributed by atoms with Gasteiger partial charge < -0.3 is 20.4 Å². The molecule has 3 aromatic rings. The highest BCUT2D eigenvalue weighted by Gasteiger charge is 2.38. The van der Waals surface area contributed by atoms with Crippen LogP contribution in [-0.2, 0) is 0 Å². The second kappa shape index (κ2) is 13.3. The summed E-state index contributed by atoms with van der Waals surface area (Å²) >= 11 is 0. The van der Waals surface area contributed by atoms with E-state index in [9.17, 15) is 9.59 Å². The summed E-state index contributed by atoms with van der Waals surface area (Å²) in [7, 11) is 0. The maximum atomic E-state index is 13.9. The van der Waals surface area contributed by atoms with Gasteiger partial charge in [-0.05, 0) is 69.9 Å². The lowest BCUT2D eigenvalue weighted by molar-refractivity contribution is 0.0695. The number of piperidine rings is 1. The van der Waals surface area contributed by atoms with E-state index in [2.05, 4.69) is 52.4 Å². The summed E-state index contributed by atoms with van der Waals surface area (Å²) in [6.45, 7) is 4.72. The normalized spacial score (nSPS) is 21.3. The molecule has 4 heterocycles. The van der Waals surface area contributed by atoms with Crippen LogP contribution in [0.3, 0.4) is 0 Å². The number of nitrogens with zero attached hydrogens (tertiary/aromatic N) is 7. The van der Waals surface area contributed by atoms with Crippen LogP contribution in [0.5, 0.6) is 0 Å². The number of aromatic amines is 1. The molecule has 1 aliphatic heterocycles. The van der Waals surface area contributed by atoms with Crippen molar-refractivity contribution in [2.45, 2.75) is 88.3 Å². The molecular formula is C31H40N10O2. The molecule has 12 nitrogen and oxygen atoms in total. The molecule has 0 bridgehead atoms. The maximum Gasteiger partial charge on any atom is 0.318 e. The third-order valence-electron chi connectivity index (χ3n) is 9.07. The van der Waals surface area contributed by atoms with Gasteiger partial charge in [0.2, 0.25) is 0 Å². The van der Waals surface area contributed by atoms with Crippen LogP contribution in [0.15, 0.2) is 47.7 Å². The van der Waals surface area contributed by atoms with Gasteiger partial charge in [-0.15, -0.1) is 0 Å². The predicted octanol–water partition coefficient (Wildman–Crippen LogP) is 4.96. The van der Waals surface area contributed by atoms with Crippen molar-refractivity contribution in [2.24, 2.45) is 4.99 Å². The summed E-state index contributed by atoms with van der Waals surface area (Å²) in [4.78, 5) is 47.1. The molecule has 0 aromatic carbocycles. The molecular weight excluding hydrogens is 544 g/mol. The average Bonchev–Trinajstić information content (AvgIpc) is 3.72. The summed E-state index contributed by atoms with van der Waals surface area (Å²) < 4.78 is 0. The SMILES string of the molecule is C=Nc1nccc(Nc2cc(C3CCC(N(C(=O)NC4CCN(C(=O)c5ccccn5)CC4)C4CCCCC4)C3)[nH]n2)n1. The summed E-state index contributed by atoms with van der Waals surface area (Å²) in [5, 5.41) is 14.2. The number of nitrogens with one attached hydrogen (secondary N) is 3. The van der Waals surface area contributed by atoms with Crippen LogP contribution in [0.4, 0.5) is 22.4 Å². The molecule has 3 amide bonds. The zero-order chi connectivity index (χ0) is 29.6. The van der Waals surface area contributed by atoms with E-state index in [1.165, 1.54) is 19.3 Å². The zero-order valence-electron chi connectivity index (χ0n) is 24.5. The van der Waals surface area contributed by atoms with Crippen molar-refractivity contribution >= 4 is 36.2 Å². The third kappa shape index (κ3) is 6.84. The van der Waals surface area contributed by atoms with Crippen molar-refractivity contribution in [3.8, 4) is 0 Å². The fourth-order valence-corrected chi connectivity index (χ4v) is 6.84. The molecule has 43 heavy (non-hydrogen) atoms. The zero-order valence-corrected chi connectivity index (χ0v) is 24.5. The van der Waals surface area contributed by atoms with Gasteiger partial charge in [0, 0.05) is 61.3 Å². The summed E-state index contributed by atoms with van der Waals surface area (Å²) in [5.74, 6) is 1.85. The number of carbonyl (C=O) groups is 2. The Labute approximate surface area is 251 Å². The number of aromatic nitrogens is 5. The summed E-state index contributed by atoms with van der Waals surface area (Å²) in [6.07, 6.45) is 13.3. The maximum absolute atomic E-state index is 13.9. The molecule has 3 aliphatic rings. The van der Waals surface area contributed by atoms with Crippen molar-refractivity contribution in [3.05, 3.63) is 54.1 Å². The largest absolute Gasteiger partial charge is 0.337 e. The topological polar surface area (TPSA) is 144 Å². The van der Waals surface area contributed by atoms with Crippen LogP contribution < -0.4 is 10.6 Å². The second-order valence-corrected chi connectivity index (χ2v) is 11.8. The number of H-pyrrole nitrogens is 1. The lowest BCUT2D eigenvalue weighted by atomic mass is 9.92. The minimum Gasteiger partial charge on any atom is -0.337 e. The summed E-state index contributed by atoms with van der Waals surface area (Å²) in [6, 6.07) is 9.75. The van der Waals surface area contributed by atoms with E-state index in [1.54, 1.807) is 24.5 Å². The van der Waals surface area contributed by atoms with Crippen molar-refractivity contribution in [1.29, 1.82) is 0 Å². The van der Waals surface area contributed by atoms with Gasteiger partial charge >= 0.3 is 6.03 Å². The van der Waals surface area contributed by atoms with Gasteiger partial charge in [0.05, 0.1) is 0 Å². The lowest BCUT2D eigenvalue weighted by Crippen LogP contribution is -2.55. The number of amides is 3. The van der Waals surface area contributed by atoms with E-state index in [4.69, 9.17) is 0 Å². The van der Waals surface area contributed by atoms with Gasteiger partial charge in [-0.1, -0.05) is 25.3 Å².